The summed E-state index contributed by atoms with van der Waals surface area (Å²) in [6.45, 7) is 2.87. The van der Waals surface area contributed by atoms with Gasteiger partial charge in [0.05, 0.1) is 6.04 Å². The Morgan fingerprint density at radius 2 is 1.46 bits per heavy atom. The van der Waals surface area contributed by atoms with Gasteiger partial charge in [0, 0.05) is 48.4 Å². The Kier molecular flexibility index (Phi) is 6.49. The summed E-state index contributed by atoms with van der Waals surface area (Å²) in [4.78, 5) is 32.4. The van der Waals surface area contributed by atoms with Crippen molar-refractivity contribution in [3.8, 4) is 0 Å². The van der Waals surface area contributed by atoms with E-state index in [2.05, 4.69) is 35.0 Å². The summed E-state index contributed by atoms with van der Waals surface area (Å²) >= 11 is 0. The fourth-order valence-corrected chi connectivity index (χ4v) is 5.73. The molecule has 194 valence electrons. The molecular formula is C34H31N3O2. The summed E-state index contributed by atoms with van der Waals surface area (Å²) in [5, 5.41) is 1.09. The lowest BCUT2D eigenvalue weighted by atomic mass is 9.92. The monoisotopic (exact) mass is 513 g/mol. The van der Waals surface area contributed by atoms with E-state index in [-0.39, 0.29) is 17.9 Å². The van der Waals surface area contributed by atoms with Crippen molar-refractivity contribution < 1.29 is 9.59 Å². The first-order valence-electron chi connectivity index (χ1n) is 13.3. The van der Waals surface area contributed by atoms with Crippen LogP contribution in [-0.4, -0.2) is 32.7 Å². The predicted octanol–water partition coefficient (Wildman–Crippen LogP) is 6.45. The number of hydrogen-bond donors (Lipinski definition) is 0. The van der Waals surface area contributed by atoms with E-state index in [0.29, 0.717) is 18.7 Å². The maximum atomic E-state index is 14.6. The molecule has 0 saturated carbocycles. The Morgan fingerprint density at radius 1 is 0.821 bits per heavy atom. The number of fused-ring (bicyclic) bond motifs is 1. The van der Waals surface area contributed by atoms with Crippen LogP contribution in [0.15, 0.2) is 115 Å². The minimum absolute atomic E-state index is 0.0730. The van der Waals surface area contributed by atoms with Crippen molar-refractivity contribution in [1.82, 2.24) is 14.4 Å². The first kappa shape index (κ1) is 24.7. The molecule has 1 aliphatic rings. The number of nitrogens with zero attached hydrogens (tertiary/aromatic N) is 3. The molecule has 2 amide bonds. The molecule has 0 unspecified atom stereocenters. The van der Waals surface area contributed by atoms with Crippen molar-refractivity contribution in [1.29, 1.82) is 0 Å². The van der Waals surface area contributed by atoms with E-state index < -0.39 is 6.04 Å². The quantitative estimate of drug-likeness (QED) is 0.271. The zero-order chi connectivity index (χ0) is 26.9. The van der Waals surface area contributed by atoms with Gasteiger partial charge in [-0.25, -0.2) is 0 Å². The summed E-state index contributed by atoms with van der Waals surface area (Å²) in [6.07, 6.45) is 2.11. The zero-order valence-electron chi connectivity index (χ0n) is 22.2. The number of benzene rings is 4. The highest BCUT2D eigenvalue weighted by Gasteiger charge is 2.44. The first-order valence-corrected chi connectivity index (χ1v) is 13.3. The maximum absolute atomic E-state index is 14.6. The SMILES string of the molecule is Cc1ccc([C@@H]2C(=O)N(Cc3ccccc3)[C@@H](c3cn(C)c4ccccc34)CN2C(=O)c2ccccc2)cc1. The Labute approximate surface area is 228 Å². The van der Waals surface area contributed by atoms with Gasteiger partial charge in [0.15, 0.2) is 0 Å². The molecule has 1 aliphatic heterocycles. The van der Waals surface area contributed by atoms with Crippen molar-refractivity contribution in [3.05, 3.63) is 143 Å². The second kappa shape index (κ2) is 10.3. The maximum Gasteiger partial charge on any atom is 0.254 e. The van der Waals surface area contributed by atoms with Crippen LogP contribution in [-0.2, 0) is 18.4 Å². The smallest absolute Gasteiger partial charge is 0.254 e. The number of rotatable bonds is 5. The normalized spacial score (nSPS) is 17.5. The Hall–Kier alpha value is -4.64. The minimum atomic E-state index is -0.715. The lowest BCUT2D eigenvalue weighted by molar-refractivity contribution is -0.145. The highest BCUT2D eigenvalue weighted by Crippen LogP contribution is 2.40. The van der Waals surface area contributed by atoms with Crippen LogP contribution in [0.25, 0.3) is 10.9 Å². The molecule has 5 heteroatoms. The predicted molar refractivity (Wildman–Crippen MR) is 154 cm³/mol. The van der Waals surface area contributed by atoms with Gasteiger partial charge in [-0.2, -0.15) is 0 Å². The average Bonchev–Trinajstić information content (AvgIpc) is 3.31. The molecule has 5 aromatic rings. The summed E-state index contributed by atoms with van der Waals surface area (Å²) in [5.41, 5.74) is 5.71. The summed E-state index contributed by atoms with van der Waals surface area (Å²) in [5.74, 6) is -0.213. The zero-order valence-corrected chi connectivity index (χ0v) is 22.2. The van der Waals surface area contributed by atoms with Gasteiger partial charge in [0.2, 0.25) is 0 Å². The Morgan fingerprint density at radius 3 is 2.18 bits per heavy atom. The van der Waals surface area contributed by atoms with Crippen LogP contribution in [0.4, 0.5) is 0 Å². The number of carbonyl (C=O) groups excluding carboxylic acids is 2. The van der Waals surface area contributed by atoms with Crippen molar-refractivity contribution in [2.45, 2.75) is 25.6 Å². The van der Waals surface area contributed by atoms with Crippen LogP contribution < -0.4 is 0 Å². The number of hydrogen-bond acceptors (Lipinski definition) is 2. The highest BCUT2D eigenvalue weighted by atomic mass is 16.2. The van der Waals surface area contributed by atoms with Crippen molar-refractivity contribution >= 4 is 22.7 Å². The number of carbonyl (C=O) groups is 2. The Balaban J connectivity index is 1.51. The Bertz CT molecular complexity index is 1620. The number of amides is 2. The van der Waals surface area contributed by atoms with Gasteiger partial charge in [-0.05, 0) is 36.2 Å². The average molecular weight is 514 g/mol. The lowest BCUT2D eigenvalue weighted by Gasteiger charge is -2.46. The molecular weight excluding hydrogens is 482 g/mol. The van der Waals surface area contributed by atoms with E-state index in [1.807, 2.05) is 104 Å². The van der Waals surface area contributed by atoms with Crippen LogP contribution in [0.2, 0.25) is 0 Å². The number of piperazine rings is 1. The number of aryl methyl sites for hydroxylation is 2. The van der Waals surface area contributed by atoms with Gasteiger partial charge >= 0.3 is 0 Å². The van der Waals surface area contributed by atoms with Crippen molar-refractivity contribution in [2.75, 3.05) is 6.54 Å². The number of para-hydroxylation sites is 1. The minimum Gasteiger partial charge on any atom is -0.350 e. The van der Waals surface area contributed by atoms with Crippen LogP contribution in [0.5, 0.6) is 0 Å². The van der Waals surface area contributed by atoms with E-state index in [4.69, 9.17) is 0 Å². The molecule has 1 fully saturated rings. The molecule has 0 radical (unpaired) electrons. The third-order valence-electron chi connectivity index (χ3n) is 7.73. The molecule has 2 atom stereocenters. The molecule has 39 heavy (non-hydrogen) atoms. The van der Waals surface area contributed by atoms with Crippen LogP contribution in [0.3, 0.4) is 0 Å². The van der Waals surface area contributed by atoms with Gasteiger partial charge in [0.25, 0.3) is 11.8 Å². The third-order valence-corrected chi connectivity index (χ3v) is 7.73. The molecule has 6 rings (SSSR count). The molecule has 1 saturated heterocycles. The van der Waals surface area contributed by atoms with Crippen LogP contribution >= 0.6 is 0 Å². The second-order valence-corrected chi connectivity index (χ2v) is 10.3. The summed E-state index contributed by atoms with van der Waals surface area (Å²) in [7, 11) is 2.03. The lowest BCUT2D eigenvalue weighted by Crippen LogP contribution is -2.55. The molecule has 2 heterocycles. The molecule has 0 N–H and O–H groups in total. The van der Waals surface area contributed by atoms with Gasteiger partial charge < -0.3 is 14.4 Å². The fourth-order valence-electron chi connectivity index (χ4n) is 5.73. The third kappa shape index (κ3) is 4.61. The molecule has 0 bridgehead atoms. The van der Waals surface area contributed by atoms with E-state index in [1.54, 1.807) is 4.90 Å². The summed E-state index contributed by atoms with van der Waals surface area (Å²) < 4.78 is 2.10. The summed E-state index contributed by atoms with van der Waals surface area (Å²) in [6, 6.07) is 34.5. The van der Waals surface area contributed by atoms with Gasteiger partial charge in [-0.1, -0.05) is 96.6 Å². The van der Waals surface area contributed by atoms with Gasteiger partial charge in [0.1, 0.15) is 6.04 Å². The standard InChI is InChI=1S/C34H31N3O2/c1-24-17-19-26(20-18-24)32-34(39)36(21-25-11-5-3-6-12-25)31(23-37(32)33(38)27-13-7-4-8-14-27)29-22-35(2)30-16-10-9-15-28(29)30/h3-20,22,31-32H,21,23H2,1-2H3/t31-,32-/m1/s1. The van der Waals surface area contributed by atoms with Crippen LogP contribution in [0.1, 0.15) is 44.7 Å². The highest BCUT2D eigenvalue weighted by molar-refractivity contribution is 5.99. The van der Waals surface area contributed by atoms with E-state index in [1.165, 1.54) is 0 Å². The molecule has 5 nitrogen and oxygen atoms in total. The van der Waals surface area contributed by atoms with Crippen molar-refractivity contribution in [3.63, 3.8) is 0 Å². The fraction of sp³-hybridized carbons (Fsp3) is 0.176. The van der Waals surface area contributed by atoms with E-state index >= 15 is 0 Å². The molecule has 1 aromatic heterocycles. The molecule has 0 spiro atoms. The molecule has 4 aromatic carbocycles. The number of aromatic nitrogens is 1. The van der Waals surface area contributed by atoms with E-state index in [9.17, 15) is 9.59 Å². The van der Waals surface area contributed by atoms with Gasteiger partial charge in [-0.3, -0.25) is 9.59 Å². The topological polar surface area (TPSA) is 45.6 Å². The van der Waals surface area contributed by atoms with Crippen molar-refractivity contribution in [2.24, 2.45) is 7.05 Å². The van der Waals surface area contributed by atoms with Crippen LogP contribution in [0, 0.1) is 6.92 Å². The first-order chi connectivity index (χ1) is 19.0. The largest absolute Gasteiger partial charge is 0.350 e. The molecule has 0 aliphatic carbocycles. The van der Waals surface area contributed by atoms with E-state index in [0.717, 1.165) is 33.2 Å². The van der Waals surface area contributed by atoms with Gasteiger partial charge in [-0.15, -0.1) is 0 Å². The second-order valence-electron chi connectivity index (χ2n) is 10.3.